The number of rotatable bonds is 6. The molecule has 2 aliphatic rings. The van der Waals surface area contributed by atoms with Gasteiger partial charge in [-0.05, 0) is 62.4 Å². The average molecular weight is 323 g/mol. The molecule has 1 heterocycles. The maximum absolute atomic E-state index is 5.54. The molecule has 0 aromatic heterocycles. The Labute approximate surface area is 144 Å². The molecule has 1 saturated carbocycles. The highest BCUT2D eigenvalue weighted by Gasteiger charge is 2.35. The smallest absolute Gasteiger partial charge is 0.231 e. The van der Waals surface area contributed by atoms with E-state index in [1.54, 1.807) is 0 Å². The van der Waals surface area contributed by atoms with E-state index in [0.717, 1.165) is 23.8 Å². The van der Waals surface area contributed by atoms with Gasteiger partial charge in [0.1, 0.15) is 0 Å². The lowest BCUT2D eigenvalue weighted by Crippen LogP contribution is -2.37. The number of nitrogens with zero attached hydrogens (tertiary/aromatic N) is 1. The molecule has 1 aliphatic heterocycles. The van der Waals surface area contributed by atoms with Gasteiger partial charge < -0.3 is 9.47 Å². The van der Waals surface area contributed by atoms with Crippen molar-refractivity contribution in [2.24, 2.45) is 5.92 Å². The van der Waals surface area contributed by atoms with Crippen LogP contribution in [0, 0.1) is 5.92 Å². The van der Waals surface area contributed by atoms with E-state index in [4.69, 9.17) is 9.47 Å². The van der Waals surface area contributed by atoms with E-state index in [0.29, 0.717) is 18.9 Å². The van der Waals surface area contributed by atoms with Gasteiger partial charge >= 0.3 is 0 Å². The predicted molar refractivity (Wildman–Crippen MR) is 95.4 cm³/mol. The summed E-state index contributed by atoms with van der Waals surface area (Å²) >= 11 is 0. The van der Waals surface area contributed by atoms with Crippen molar-refractivity contribution in [3.05, 3.63) is 59.7 Å². The zero-order valence-electron chi connectivity index (χ0n) is 14.4. The molecule has 0 amide bonds. The summed E-state index contributed by atoms with van der Waals surface area (Å²) in [5, 5.41) is 0. The maximum atomic E-state index is 5.54. The van der Waals surface area contributed by atoms with Crippen LogP contribution in [0.15, 0.2) is 48.5 Å². The van der Waals surface area contributed by atoms with Gasteiger partial charge in [-0.15, -0.1) is 0 Å². The lowest BCUT2D eigenvalue weighted by molar-refractivity contribution is 0.164. The van der Waals surface area contributed by atoms with Crippen LogP contribution in [0.3, 0.4) is 0 Å². The van der Waals surface area contributed by atoms with Crippen LogP contribution in [0.1, 0.15) is 36.9 Å². The van der Waals surface area contributed by atoms with E-state index in [1.165, 1.54) is 24.0 Å². The summed E-state index contributed by atoms with van der Waals surface area (Å²) in [6.45, 7) is 2.65. The largest absolute Gasteiger partial charge is 0.454 e. The predicted octanol–water partition coefficient (Wildman–Crippen LogP) is 4.43. The summed E-state index contributed by atoms with van der Waals surface area (Å²) in [4.78, 5) is 2.55. The average Bonchev–Trinajstić information content (AvgIpc) is 3.36. The monoisotopic (exact) mass is 323 g/mol. The second-order valence-corrected chi connectivity index (χ2v) is 7.05. The van der Waals surface area contributed by atoms with E-state index in [1.807, 2.05) is 6.07 Å². The zero-order valence-corrected chi connectivity index (χ0v) is 14.4. The van der Waals surface area contributed by atoms with Crippen molar-refractivity contribution in [1.82, 2.24) is 4.90 Å². The molecule has 24 heavy (non-hydrogen) atoms. The molecule has 1 aliphatic carbocycles. The fourth-order valence-electron chi connectivity index (χ4n) is 3.69. The Hall–Kier alpha value is -2.00. The highest BCUT2D eigenvalue weighted by Crippen LogP contribution is 2.40. The van der Waals surface area contributed by atoms with E-state index in [9.17, 15) is 0 Å². The minimum atomic E-state index is 0.343. The first-order valence-electron chi connectivity index (χ1n) is 8.88. The lowest BCUT2D eigenvalue weighted by atomic mass is 9.97. The molecule has 3 nitrogen and oxygen atoms in total. The van der Waals surface area contributed by atoms with E-state index in [2.05, 4.69) is 61.3 Å². The van der Waals surface area contributed by atoms with Gasteiger partial charge in [0.15, 0.2) is 11.5 Å². The molecule has 2 aromatic carbocycles. The summed E-state index contributed by atoms with van der Waals surface area (Å²) < 4.78 is 11.0. The third kappa shape index (κ3) is 3.13. The van der Waals surface area contributed by atoms with Crippen LogP contribution in [0.5, 0.6) is 11.5 Å². The van der Waals surface area contributed by atoms with Gasteiger partial charge in [-0.2, -0.15) is 0 Å². The molecule has 0 spiro atoms. The van der Waals surface area contributed by atoms with Gasteiger partial charge in [-0.1, -0.05) is 36.4 Å². The number of hydrogen-bond donors (Lipinski definition) is 0. The Morgan fingerprint density at radius 2 is 1.79 bits per heavy atom. The van der Waals surface area contributed by atoms with E-state index in [-0.39, 0.29) is 0 Å². The number of fused-ring (bicyclic) bond motifs is 1. The summed E-state index contributed by atoms with van der Waals surface area (Å²) in [6.07, 6.45) is 3.76. The molecule has 126 valence electrons. The van der Waals surface area contributed by atoms with Crippen molar-refractivity contribution in [3.8, 4) is 11.5 Å². The summed E-state index contributed by atoms with van der Waals surface area (Å²) in [5.41, 5.74) is 2.72. The van der Waals surface area contributed by atoms with Gasteiger partial charge in [0.2, 0.25) is 6.79 Å². The number of likely N-dealkylation sites (N-methyl/N-ethyl adjacent to an activating group) is 1. The summed E-state index contributed by atoms with van der Waals surface area (Å²) in [7, 11) is 2.27. The van der Waals surface area contributed by atoms with Crippen LogP contribution >= 0.6 is 0 Å². The molecule has 0 unspecified atom stereocenters. The number of benzene rings is 2. The second-order valence-electron chi connectivity index (χ2n) is 7.05. The van der Waals surface area contributed by atoms with Crippen molar-refractivity contribution in [2.45, 2.75) is 38.3 Å². The molecule has 1 fully saturated rings. The highest BCUT2D eigenvalue weighted by atomic mass is 16.7. The van der Waals surface area contributed by atoms with Crippen molar-refractivity contribution in [3.63, 3.8) is 0 Å². The minimum Gasteiger partial charge on any atom is -0.454 e. The molecule has 0 bridgehead atoms. The lowest BCUT2D eigenvalue weighted by Gasteiger charge is -2.34. The van der Waals surface area contributed by atoms with E-state index < -0.39 is 0 Å². The van der Waals surface area contributed by atoms with Crippen molar-refractivity contribution >= 4 is 0 Å². The SMILES string of the molecule is C[C@H](c1ccccc1)N(C)[C@@H](Cc1ccc2c(c1)OCO2)C1CC1. The standard InChI is InChI=1S/C21H25NO2/c1-15(17-6-4-3-5-7-17)22(2)19(18-9-10-18)12-16-8-11-20-21(13-16)24-14-23-20/h3-8,11,13,15,18-19H,9-10,12,14H2,1-2H3/t15-,19+/m1/s1. The molecule has 0 saturated heterocycles. The Morgan fingerprint density at radius 3 is 2.54 bits per heavy atom. The molecule has 3 heteroatoms. The fraction of sp³-hybridized carbons (Fsp3) is 0.429. The maximum Gasteiger partial charge on any atom is 0.231 e. The molecular formula is C21H25NO2. The molecule has 2 aromatic rings. The van der Waals surface area contributed by atoms with Gasteiger partial charge in [0, 0.05) is 12.1 Å². The minimum absolute atomic E-state index is 0.343. The quantitative estimate of drug-likeness (QED) is 0.785. The number of ether oxygens (including phenoxy) is 2. The third-order valence-electron chi connectivity index (χ3n) is 5.46. The van der Waals surface area contributed by atoms with Crippen LogP contribution in [0.4, 0.5) is 0 Å². The van der Waals surface area contributed by atoms with E-state index >= 15 is 0 Å². The van der Waals surface area contributed by atoms with Crippen LogP contribution in [-0.2, 0) is 6.42 Å². The zero-order chi connectivity index (χ0) is 16.5. The first kappa shape index (κ1) is 15.5. The molecule has 0 radical (unpaired) electrons. The first-order chi connectivity index (χ1) is 11.7. The Balaban J connectivity index is 1.52. The summed E-state index contributed by atoms with van der Waals surface area (Å²) in [5.74, 6) is 2.57. The topological polar surface area (TPSA) is 21.7 Å². The van der Waals surface area contributed by atoms with Crippen molar-refractivity contribution in [2.75, 3.05) is 13.8 Å². The summed E-state index contributed by atoms with van der Waals surface area (Å²) in [6, 6.07) is 18.2. The third-order valence-corrected chi connectivity index (χ3v) is 5.46. The molecular weight excluding hydrogens is 298 g/mol. The van der Waals surface area contributed by atoms with Crippen LogP contribution < -0.4 is 9.47 Å². The highest BCUT2D eigenvalue weighted by molar-refractivity contribution is 5.44. The normalized spacial score (nSPS) is 18.6. The fourth-order valence-corrected chi connectivity index (χ4v) is 3.69. The Bertz CT molecular complexity index is 696. The van der Waals surface area contributed by atoms with Crippen molar-refractivity contribution in [1.29, 1.82) is 0 Å². The van der Waals surface area contributed by atoms with Gasteiger partial charge in [0.25, 0.3) is 0 Å². The first-order valence-corrected chi connectivity index (χ1v) is 8.88. The molecule has 2 atom stereocenters. The van der Waals surface area contributed by atoms with Gasteiger partial charge in [-0.25, -0.2) is 0 Å². The Morgan fingerprint density at radius 1 is 1.04 bits per heavy atom. The van der Waals surface area contributed by atoms with Crippen LogP contribution in [0.25, 0.3) is 0 Å². The second kappa shape index (κ2) is 6.48. The van der Waals surface area contributed by atoms with Crippen LogP contribution in [0.2, 0.25) is 0 Å². The molecule has 4 rings (SSSR count). The molecule has 0 N–H and O–H groups in total. The van der Waals surface area contributed by atoms with Gasteiger partial charge in [0.05, 0.1) is 0 Å². The van der Waals surface area contributed by atoms with Crippen LogP contribution in [-0.4, -0.2) is 24.8 Å². The van der Waals surface area contributed by atoms with Crippen molar-refractivity contribution < 1.29 is 9.47 Å². The Kier molecular flexibility index (Phi) is 4.19. The number of hydrogen-bond acceptors (Lipinski definition) is 3. The van der Waals surface area contributed by atoms with Gasteiger partial charge in [-0.3, -0.25) is 4.90 Å².